The lowest BCUT2D eigenvalue weighted by Crippen LogP contribution is -2.29. The summed E-state index contributed by atoms with van der Waals surface area (Å²) in [6.07, 6.45) is 1.10. The molecule has 0 radical (unpaired) electrons. The van der Waals surface area contributed by atoms with Gasteiger partial charge >= 0.3 is 5.97 Å². The third-order valence-corrected chi connectivity index (χ3v) is 5.87. The number of carbonyl (C=O) groups is 1. The Labute approximate surface area is 157 Å². The van der Waals surface area contributed by atoms with Gasteiger partial charge in [-0.3, -0.25) is 0 Å². The van der Waals surface area contributed by atoms with Gasteiger partial charge in [0.2, 0.25) is 10.0 Å². The Balaban J connectivity index is 2.25. The molecule has 5 nitrogen and oxygen atoms in total. The number of nitrogens with two attached hydrogens (primary N) is 1. The SMILES string of the molecule is CCC1(CC)OC(=O)C(c2ccc(F)cc2)=C1c1ccc(S(N)(=O)=O)cc1. The highest BCUT2D eigenvalue weighted by Gasteiger charge is 2.46. The number of benzene rings is 2. The van der Waals surface area contributed by atoms with E-state index in [1.54, 1.807) is 12.1 Å². The summed E-state index contributed by atoms with van der Waals surface area (Å²) in [5.41, 5.74) is 1.42. The number of cyclic esters (lactones) is 1. The minimum absolute atomic E-state index is 0.0148. The maximum Gasteiger partial charge on any atom is 0.340 e. The standard InChI is InChI=1S/C20H20FNO4S/c1-3-20(4-2)18(14-7-11-16(12-8-14)27(22,24)25)17(19(23)26-20)13-5-9-15(21)10-6-13/h5-12H,3-4H2,1-2H3,(H2,22,24,25). The van der Waals surface area contributed by atoms with Crippen molar-refractivity contribution in [3.05, 3.63) is 65.5 Å². The van der Waals surface area contributed by atoms with Crippen molar-refractivity contribution < 1.29 is 22.3 Å². The van der Waals surface area contributed by atoms with Gasteiger partial charge in [0.05, 0.1) is 10.5 Å². The van der Waals surface area contributed by atoms with Gasteiger partial charge in [-0.25, -0.2) is 22.7 Å². The van der Waals surface area contributed by atoms with E-state index < -0.39 is 27.4 Å². The fraction of sp³-hybridized carbons (Fsp3) is 0.250. The lowest BCUT2D eigenvalue weighted by atomic mass is 9.81. The van der Waals surface area contributed by atoms with Crippen LogP contribution in [0.15, 0.2) is 53.4 Å². The van der Waals surface area contributed by atoms with Gasteiger partial charge in [0.1, 0.15) is 11.4 Å². The molecule has 0 unspecified atom stereocenters. The van der Waals surface area contributed by atoms with Crippen LogP contribution in [-0.2, 0) is 19.6 Å². The van der Waals surface area contributed by atoms with Gasteiger partial charge in [-0.15, -0.1) is 0 Å². The first kappa shape index (κ1) is 19.3. The molecule has 1 heterocycles. The Morgan fingerprint density at radius 1 is 0.963 bits per heavy atom. The molecule has 1 aliphatic heterocycles. The second-order valence-electron chi connectivity index (χ2n) is 6.42. The van der Waals surface area contributed by atoms with Gasteiger partial charge < -0.3 is 4.74 Å². The average Bonchev–Trinajstić information content (AvgIpc) is 2.95. The van der Waals surface area contributed by atoms with Crippen LogP contribution in [0.2, 0.25) is 0 Å². The Kier molecular flexibility index (Phi) is 4.92. The maximum atomic E-state index is 13.3. The zero-order valence-electron chi connectivity index (χ0n) is 15.0. The van der Waals surface area contributed by atoms with E-state index in [0.717, 1.165) is 0 Å². The zero-order valence-corrected chi connectivity index (χ0v) is 15.8. The number of hydrogen-bond donors (Lipinski definition) is 1. The van der Waals surface area contributed by atoms with Crippen molar-refractivity contribution in [3.8, 4) is 0 Å². The molecule has 1 aliphatic rings. The smallest absolute Gasteiger partial charge is 0.340 e. The summed E-state index contributed by atoms with van der Waals surface area (Å²) < 4.78 is 42.1. The van der Waals surface area contributed by atoms with E-state index in [1.807, 2.05) is 13.8 Å². The lowest BCUT2D eigenvalue weighted by Gasteiger charge is -2.29. The van der Waals surface area contributed by atoms with Crippen LogP contribution < -0.4 is 5.14 Å². The molecule has 0 aromatic heterocycles. The highest BCUT2D eigenvalue weighted by molar-refractivity contribution is 7.89. The molecule has 0 spiro atoms. The van der Waals surface area contributed by atoms with Crippen LogP contribution in [0.1, 0.15) is 37.8 Å². The number of halogens is 1. The van der Waals surface area contributed by atoms with Gasteiger partial charge in [-0.05, 0) is 48.2 Å². The number of hydrogen-bond acceptors (Lipinski definition) is 4. The van der Waals surface area contributed by atoms with Gasteiger partial charge in [-0.2, -0.15) is 0 Å². The second-order valence-corrected chi connectivity index (χ2v) is 7.98. The van der Waals surface area contributed by atoms with E-state index in [9.17, 15) is 17.6 Å². The van der Waals surface area contributed by atoms with Crippen molar-refractivity contribution in [2.45, 2.75) is 37.2 Å². The Morgan fingerprint density at radius 3 is 1.96 bits per heavy atom. The van der Waals surface area contributed by atoms with E-state index >= 15 is 0 Å². The summed E-state index contributed by atoms with van der Waals surface area (Å²) in [5.74, 6) is -0.877. The number of rotatable bonds is 5. The highest BCUT2D eigenvalue weighted by atomic mass is 32.2. The largest absolute Gasteiger partial charge is 0.451 e. The van der Waals surface area contributed by atoms with Crippen molar-refractivity contribution in [1.82, 2.24) is 0 Å². The predicted molar refractivity (Wildman–Crippen MR) is 100 cm³/mol. The predicted octanol–water partition coefficient (Wildman–Crippen LogP) is 3.50. The molecule has 7 heteroatoms. The molecule has 0 fully saturated rings. The lowest BCUT2D eigenvalue weighted by molar-refractivity contribution is -0.144. The number of primary sulfonamides is 1. The molecule has 0 saturated carbocycles. The fourth-order valence-electron chi connectivity index (χ4n) is 3.45. The third-order valence-electron chi connectivity index (χ3n) is 4.94. The molecule has 0 amide bonds. The van der Waals surface area contributed by atoms with Crippen LogP contribution in [0.4, 0.5) is 4.39 Å². The normalized spacial score (nSPS) is 16.5. The van der Waals surface area contributed by atoms with Crippen LogP contribution in [0, 0.1) is 5.82 Å². The molecule has 2 aromatic carbocycles. The Bertz CT molecular complexity index is 1000. The van der Waals surface area contributed by atoms with Crippen molar-refractivity contribution in [2.24, 2.45) is 5.14 Å². The van der Waals surface area contributed by atoms with Crippen LogP contribution in [0.25, 0.3) is 11.1 Å². The van der Waals surface area contributed by atoms with Crippen LogP contribution in [0.5, 0.6) is 0 Å². The first-order valence-corrected chi connectivity index (χ1v) is 10.1. The van der Waals surface area contributed by atoms with Crippen molar-refractivity contribution in [2.75, 3.05) is 0 Å². The second kappa shape index (κ2) is 6.90. The zero-order chi connectivity index (χ0) is 19.8. The van der Waals surface area contributed by atoms with Crippen LogP contribution >= 0.6 is 0 Å². The van der Waals surface area contributed by atoms with Crippen molar-refractivity contribution in [1.29, 1.82) is 0 Å². The third kappa shape index (κ3) is 3.40. The average molecular weight is 389 g/mol. The summed E-state index contributed by atoms with van der Waals surface area (Å²) in [5, 5.41) is 5.17. The molecule has 2 aromatic rings. The minimum Gasteiger partial charge on any atom is -0.451 e. The molecule has 0 aliphatic carbocycles. The molecule has 2 N–H and O–H groups in total. The molecule has 0 saturated heterocycles. The van der Waals surface area contributed by atoms with E-state index in [4.69, 9.17) is 9.88 Å². The molecule has 3 rings (SSSR count). The summed E-state index contributed by atoms with van der Waals surface area (Å²) in [4.78, 5) is 12.7. The van der Waals surface area contributed by atoms with E-state index in [1.165, 1.54) is 36.4 Å². The summed E-state index contributed by atoms with van der Waals surface area (Å²) in [6, 6.07) is 11.7. The molecule has 0 bridgehead atoms. The van der Waals surface area contributed by atoms with E-state index in [0.29, 0.717) is 35.1 Å². The van der Waals surface area contributed by atoms with Gasteiger partial charge in [0, 0.05) is 5.57 Å². The molecule has 0 atom stereocenters. The van der Waals surface area contributed by atoms with E-state index in [-0.39, 0.29) is 4.90 Å². The van der Waals surface area contributed by atoms with E-state index in [2.05, 4.69) is 0 Å². The van der Waals surface area contributed by atoms with Crippen LogP contribution in [0.3, 0.4) is 0 Å². The maximum absolute atomic E-state index is 13.3. The number of carbonyl (C=O) groups excluding carboxylic acids is 1. The number of ether oxygens (including phenoxy) is 1. The first-order valence-electron chi connectivity index (χ1n) is 8.59. The van der Waals surface area contributed by atoms with Crippen molar-refractivity contribution >= 4 is 27.1 Å². The van der Waals surface area contributed by atoms with Crippen LogP contribution in [-0.4, -0.2) is 20.0 Å². The van der Waals surface area contributed by atoms with Crippen molar-refractivity contribution in [3.63, 3.8) is 0 Å². The monoisotopic (exact) mass is 389 g/mol. The molecule has 27 heavy (non-hydrogen) atoms. The van der Waals surface area contributed by atoms with Gasteiger partial charge in [0.15, 0.2) is 0 Å². The summed E-state index contributed by atoms with van der Waals surface area (Å²) >= 11 is 0. The summed E-state index contributed by atoms with van der Waals surface area (Å²) in [6.45, 7) is 3.84. The minimum atomic E-state index is -3.82. The quantitative estimate of drug-likeness (QED) is 0.793. The Morgan fingerprint density at radius 2 is 1.48 bits per heavy atom. The topological polar surface area (TPSA) is 86.5 Å². The Hall–Kier alpha value is -2.51. The molecular weight excluding hydrogens is 369 g/mol. The molecule has 142 valence electrons. The highest BCUT2D eigenvalue weighted by Crippen LogP contribution is 2.47. The first-order chi connectivity index (χ1) is 12.7. The number of sulfonamides is 1. The molecular formula is C20H20FNO4S. The fourth-order valence-corrected chi connectivity index (χ4v) is 3.97. The summed E-state index contributed by atoms with van der Waals surface area (Å²) in [7, 11) is -3.82. The van der Waals surface area contributed by atoms with Gasteiger partial charge in [-0.1, -0.05) is 38.1 Å². The van der Waals surface area contributed by atoms with Gasteiger partial charge in [0.25, 0.3) is 0 Å². The number of esters is 1.